The van der Waals surface area contributed by atoms with Crippen LogP contribution in [0.3, 0.4) is 0 Å². The van der Waals surface area contributed by atoms with E-state index in [-0.39, 0.29) is 18.4 Å². The Morgan fingerprint density at radius 1 is 1.12 bits per heavy atom. The molecule has 0 saturated carbocycles. The summed E-state index contributed by atoms with van der Waals surface area (Å²) < 4.78 is 5.27. The summed E-state index contributed by atoms with van der Waals surface area (Å²) >= 11 is 1.52. The van der Waals surface area contributed by atoms with Crippen LogP contribution in [0.25, 0.3) is 0 Å². The minimum atomic E-state index is -0.335. The van der Waals surface area contributed by atoms with Gasteiger partial charge in [-0.25, -0.2) is 4.79 Å². The maximum atomic E-state index is 12.6. The van der Waals surface area contributed by atoms with Crippen LogP contribution in [0.15, 0.2) is 24.3 Å². The van der Waals surface area contributed by atoms with E-state index in [9.17, 15) is 9.59 Å². The zero-order valence-corrected chi connectivity index (χ0v) is 19.9. The molecule has 6 nitrogen and oxygen atoms in total. The van der Waals surface area contributed by atoms with Gasteiger partial charge in [0.15, 0.2) is 0 Å². The van der Waals surface area contributed by atoms with Crippen LogP contribution in [-0.4, -0.2) is 38.1 Å². The van der Waals surface area contributed by atoms with Crippen LogP contribution >= 0.6 is 11.3 Å². The summed E-state index contributed by atoms with van der Waals surface area (Å²) in [6.07, 6.45) is 6.49. The maximum Gasteiger partial charge on any atom is 0.341 e. The molecule has 1 aliphatic carbocycles. The molecule has 2 aliphatic rings. The average Bonchev–Trinajstić information content (AvgIpc) is 3.16. The van der Waals surface area contributed by atoms with Gasteiger partial charge in [-0.1, -0.05) is 6.92 Å². The number of benzene rings is 1. The predicted octanol–water partition coefficient (Wildman–Crippen LogP) is 5.09. The highest BCUT2D eigenvalue weighted by Gasteiger charge is 2.27. The van der Waals surface area contributed by atoms with Gasteiger partial charge in [-0.05, 0) is 81.2 Å². The highest BCUT2D eigenvalue weighted by Crippen LogP contribution is 2.38. The smallest absolute Gasteiger partial charge is 0.341 e. The topological polar surface area (TPSA) is 70.7 Å². The SMILES string of the molecule is CCOC(=O)c1c(NC(=O)CNc2ccc(N3CCC(C)CC3)cc2)sc2c1CCCC2. The molecule has 0 atom stereocenters. The standard InChI is InChI=1S/C25H33N3O3S/c1-3-31-25(30)23-20-6-4-5-7-21(20)32-24(23)27-22(29)16-26-18-8-10-19(11-9-18)28-14-12-17(2)13-15-28/h8-11,17,26H,3-7,12-16H2,1-2H3,(H,27,29). The van der Waals surface area contributed by atoms with Crippen molar-refractivity contribution in [3.8, 4) is 0 Å². The van der Waals surface area contributed by atoms with E-state index >= 15 is 0 Å². The van der Waals surface area contributed by atoms with Crippen molar-refractivity contribution in [1.82, 2.24) is 0 Å². The van der Waals surface area contributed by atoms with Crippen molar-refractivity contribution in [2.45, 2.75) is 52.4 Å². The molecule has 2 heterocycles. The third kappa shape index (κ3) is 5.26. The number of anilines is 3. The van der Waals surface area contributed by atoms with Crippen molar-refractivity contribution in [3.63, 3.8) is 0 Å². The number of carbonyl (C=O) groups excluding carboxylic acids is 2. The largest absolute Gasteiger partial charge is 0.462 e. The van der Waals surface area contributed by atoms with Crippen LogP contribution in [-0.2, 0) is 22.4 Å². The van der Waals surface area contributed by atoms with E-state index in [0.29, 0.717) is 17.2 Å². The number of carbonyl (C=O) groups is 2. The van der Waals surface area contributed by atoms with Crippen molar-refractivity contribution in [2.75, 3.05) is 41.8 Å². The van der Waals surface area contributed by atoms with E-state index in [2.05, 4.69) is 34.6 Å². The first-order valence-electron chi connectivity index (χ1n) is 11.8. The predicted molar refractivity (Wildman–Crippen MR) is 131 cm³/mol. The number of esters is 1. The van der Waals surface area contributed by atoms with Gasteiger partial charge < -0.3 is 20.3 Å². The van der Waals surface area contributed by atoms with Gasteiger partial charge in [0.2, 0.25) is 5.91 Å². The summed E-state index contributed by atoms with van der Waals surface area (Å²) in [5, 5.41) is 6.77. The van der Waals surface area contributed by atoms with Gasteiger partial charge in [0.25, 0.3) is 0 Å². The molecule has 0 unspecified atom stereocenters. The van der Waals surface area contributed by atoms with E-state index < -0.39 is 0 Å². The molecule has 4 rings (SSSR count). The zero-order valence-electron chi connectivity index (χ0n) is 19.0. The number of hydrogen-bond acceptors (Lipinski definition) is 6. The summed E-state index contributed by atoms with van der Waals surface area (Å²) in [7, 11) is 0. The molecule has 172 valence electrons. The second-order valence-electron chi connectivity index (χ2n) is 8.75. The second kappa shape index (κ2) is 10.4. The fourth-order valence-electron chi connectivity index (χ4n) is 4.48. The Labute approximate surface area is 194 Å². The molecule has 1 aromatic heterocycles. The number of hydrogen-bond donors (Lipinski definition) is 2. The number of rotatable bonds is 7. The third-order valence-corrected chi connectivity index (χ3v) is 7.58. The monoisotopic (exact) mass is 455 g/mol. The average molecular weight is 456 g/mol. The summed E-state index contributed by atoms with van der Waals surface area (Å²) in [4.78, 5) is 28.8. The number of nitrogens with one attached hydrogen (secondary N) is 2. The number of ether oxygens (including phenoxy) is 1. The van der Waals surface area contributed by atoms with Crippen molar-refractivity contribution in [2.24, 2.45) is 5.92 Å². The highest BCUT2D eigenvalue weighted by atomic mass is 32.1. The molecule has 1 fully saturated rings. The van der Waals surface area contributed by atoms with Gasteiger partial charge in [-0.15, -0.1) is 11.3 Å². The first kappa shape index (κ1) is 22.6. The van der Waals surface area contributed by atoms with Gasteiger partial charge in [-0.2, -0.15) is 0 Å². The van der Waals surface area contributed by atoms with Gasteiger partial charge >= 0.3 is 5.97 Å². The Hall–Kier alpha value is -2.54. The van der Waals surface area contributed by atoms with Gasteiger partial charge in [0.05, 0.1) is 18.7 Å². The fraction of sp³-hybridized carbons (Fsp3) is 0.520. The van der Waals surface area contributed by atoms with Gasteiger partial charge in [0, 0.05) is 29.3 Å². The van der Waals surface area contributed by atoms with Crippen LogP contribution in [0.4, 0.5) is 16.4 Å². The van der Waals surface area contributed by atoms with Crippen molar-refractivity contribution >= 4 is 39.6 Å². The van der Waals surface area contributed by atoms with Crippen LogP contribution in [0, 0.1) is 5.92 Å². The molecule has 7 heteroatoms. The van der Waals surface area contributed by atoms with Crippen molar-refractivity contribution in [3.05, 3.63) is 40.3 Å². The Morgan fingerprint density at radius 2 is 1.84 bits per heavy atom. The van der Waals surface area contributed by atoms with E-state index in [0.717, 1.165) is 55.9 Å². The lowest BCUT2D eigenvalue weighted by Crippen LogP contribution is -2.32. The first-order valence-corrected chi connectivity index (χ1v) is 12.6. The number of nitrogens with zero attached hydrogens (tertiary/aromatic N) is 1. The lowest BCUT2D eigenvalue weighted by molar-refractivity contribution is -0.114. The molecular formula is C25H33N3O3S. The Morgan fingerprint density at radius 3 is 2.56 bits per heavy atom. The summed E-state index contributed by atoms with van der Waals surface area (Å²) in [6.45, 7) is 6.79. The molecular weight excluding hydrogens is 422 g/mol. The van der Waals surface area contributed by atoms with E-state index in [4.69, 9.17) is 4.74 Å². The van der Waals surface area contributed by atoms with Crippen molar-refractivity contribution in [1.29, 1.82) is 0 Å². The number of aryl methyl sites for hydroxylation is 1. The van der Waals surface area contributed by atoms with Crippen molar-refractivity contribution < 1.29 is 14.3 Å². The number of piperidine rings is 1. The molecule has 0 bridgehead atoms. The van der Waals surface area contributed by atoms with E-state index in [1.54, 1.807) is 6.92 Å². The van der Waals surface area contributed by atoms with Crippen LogP contribution in [0.2, 0.25) is 0 Å². The minimum absolute atomic E-state index is 0.144. The zero-order chi connectivity index (χ0) is 22.5. The molecule has 0 radical (unpaired) electrons. The Bertz CT molecular complexity index is 946. The minimum Gasteiger partial charge on any atom is -0.462 e. The van der Waals surface area contributed by atoms with Crippen LogP contribution in [0.1, 0.15) is 60.3 Å². The van der Waals surface area contributed by atoms with E-state index in [1.165, 1.54) is 34.7 Å². The molecule has 0 spiro atoms. The summed E-state index contributed by atoms with van der Waals surface area (Å²) in [5.41, 5.74) is 3.76. The lowest BCUT2D eigenvalue weighted by Gasteiger charge is -2.32. The molecule has 1 amide bonds. The second-order valence-corrected chi connectivity index (χ2v) is 9.86. The molecule has 1 aromatic carbocycles. The van der Waals surface area contributed by atoms with Crippen LogP contribution < -0.4 is 15.5 Å². The molecule has 32 heavy (non-hydrogen) atoms. The number of amides is 1. The Balaban J connectivity index is 1.36. The van der Waals surface area contributed by atoms with Crippen LogP contribution in [0.5, 0.6) is 0 Å². The summed E-state index contributed by atoms with van der Waals surface area (Å²) in [6, 6.07) is 8.27. The lowest BCUT2D eigenvalue weighted by atomic mass is 9.95. The van der Waals surface area contributed by atoms with Gasteiger partial charge in [-0.3, -0.25) is 4.79 Å². The first-order chi connectivity index (χ1) is 15.5. The fourth-order valence-corrected chi connectivity index (χ4v) is 5.78. The number of fused-ring (bicyclic) bond motifs is 1. The highest BCUT2D eigenvalue weighted by molar-refractivity contribution is 7.17. The molecule has 1 saturated heterocycles. The maximum absolute atomic E-state index is 12.6. The molecule has 2 N–H and O–H groups in total. The molecule has 2 aromatic rings. The van der Waals surface area contributed by atoms with E-state index in [1.807, 2.05) is 12.1 Å². The number of thiophene rings is 1. The summed E-state index contributed by atoms with van der Waals surface area (Å²) in [5.74, 6) is 0.310. The molecule has 1 aliphatic heterocycles. The third-order valence-electron chi connectivity index (χ3n) is 6.37. The Kier molecular flexibility index (Phi) is 7.35. The normalized spacial score (nSPS) is 16.4. The van der Waals surface area contributed by atoms with Gasteiger partial charge in [0.1, 0.15) is 5.00 Å². The quantitative estimate of drug-likeness (QED) is 0.569.